The first-order valence-corrected chi connectivity index (χ1v) is 24.6. The van der Waals surface area contributed by atoms with E-state index in [4.69, 9.17) is 0 Å². The number of likely N-dealkylation sites (N-methyl/N-ethyl adjacent to an activating group) is 7. The minimum atomic E-state index is -1.11. The summed E-state index contributed by atoms with van der Waals surface area (Å²) in [6, 6.07) is 32.4. The SMILES string of the molecule is CC[C@@H](C)[C@@H](C(=O)N(C)[C@@H](Cc1ccccc1)C(=O)N(C)[C@@H](Cc1ccccc1)C(=O)N(C)[C@@H](Cc1ccccc1)C(=O)NC)N(C)C(=O)[C@H](Cc1ccccc1)N(C)C(=O)[C@H](CC(C)C)[N+](C)(C)C. The van der Waals surface area contributed by atoms with Crippen LogP contribution in [0, 0.1) is 11.8 Å². The van der Waals surface area contributed by atoms with Crippen molar-refractivity contribution >= 4 is 35.4 Å². The number of quaternary nitrogens is 1. The molecule has 0 saturated heterocycles. The van der Waals surface area contributed by atoms with Gasteiger partial charge in [0.05, 0.1) is 21.1 Å². The maximum atomic E-state index is 15.4. The van der Waals surface area contributed by atoms with Gasteiger partial charge in [-0.3, -0.25) is 28.8 Å². The number of amides is 6. The van der Waals surface area contributed by atoms with Crippen molar-refractivity contribution in [1.29, 1.82) is 0 Å². The molecule has 4 aromatic carbocycles. The number of carbonyl (C=O) groups excluding carboxylic acids is 6. The van der Waals surface area contributed by atoms with Crippen molar-refractivity contribution in [2.24, 2.45) is 11.8 Å². The molecule has 0 aliphatic rings. The lowest BCUT2D eigenvalue weighted by Crippen LogP contribution is -2.62. The molecule has 0 heterocycles. The van der Waals surface area contributed by atoms with Gasteiger partial charge in [0.1, 0.15) is 30.2 Å². The van der Waals surface area contributed by atoms with E-state index in [9.17, 15) is 14.4 Å². The molecule has 7 atom stereocenters. The summed E-state index contributed by atoms with van der Waals surface area (Å²) >= 11 is 0. The molecule has 0 aliphatic carbocycles. The Bertz CT molecular complexity index is 2310. The third-order valence-corrected chi connectivity index (χ3v) is 13.9. The van der Waals surface area contributed by atoms with Crippen molar-refractivity contribution in [3.05, 3.63) is 144 Å². The maximum Gasteiger partial charge on any atom is 0.281 e. The highest BCUT2D eigenvalue weighted by Gasteiger charge is 2.45. The number of rotatable bonds is 24. The van der Waals surface area contributed by atoms with Crippen molar-refractivity contribution in [3.63, 3.8) is 0 Å². The van der Waals surface area contributed by atoms with E-state index in [0.29, 0.717) is 17.3 Å². The average molecular weight is 959 g/mol. The first-order valence-electron chi connectivity index (χ1n) is 24.6. The summed E-state index contributed by atoms with van der Waals surface area (Å²) in [6.45, 7) is 8.04. The Morgan fingerprint density at radius 3 is 1.07 bits per heavy atom. The standard InChI is InChI=1S/C57H79N7O6/c1-14-41(4)51(63(10)55(68)49(39-45-33-25-18-26-34-45)61(8)56(69)50(35-40(2)3)64(11,12)13)57(70)62(9)48(38-44-31-23-17-24-32-44)54(67)60(7)47(37-43-29-21-16-22-30-43)53(66)59(6)46(52(65)58-5)36-42-27-19-15-20-28-42/h15-34,40-41,46-51H,14,35-39H2,1-13H3/p+1/t41-,46+,47+,48+,49+,50+,51+/m1/s1. The minimum Gasteiger partial charge on any atom is -0.357 e. The van der Waals surface area contributed by atoms with Crippen LogP contribution in [-0.2, 0) is 54.5 Å². The molecule has 6 amide bonds. The van der Waals surface area contributed by atoms with E-state index in [1.54, 1.807) is 40.1 Å². The highest BCUT2D eigenvalue weighted by atomic mass is 16.2. The second-order valence-electron chi connectivity index (χ2n) is 20.3. The molecule has 378 valence electrons. The summed E-state index contributed by atoms with van der Waals surface area (Å²) < 4.78 is 0.379. The van der Waals surface area contributed by atoms with E-state index in [1.807, 2.05) is 156 Å². The lowest BCUT2D eigenvalue weighted by molar-refractivity contribution is -0.887. The molecule has 0 aliphatic heterocycles. The van der Waals surface area contributed by atoms with E-state index in [2.05, 4.69) is 19.2 Å². The monoisotopic (exact) mass is 959 g/mol. The highest BCUT2D eigenvalue weighted by Crippen LogP contribution is 2.25. The Hall–Kier alpha value is -6.34. The Morgan fingerprint density at radius 1 is 0.457 bits per heavy atom. The fourth-order valence-corrected chi connectivity index (χ4v) is 9.20. The van der Waals surface area contributed by atoms with Crippen LogP contribution in [0.15, 0.2) is 121 Å². The first-order chi connectivity index (χ1) is 33.1. The van der Waals surface area contributed by atoms with Crippen molar-refractivity contribution in [3.8, 4) is 0 Å². The van der Waals surface area contributed by atoms with E-state index < -0.39 is 59.9 Å². The zero-order valence-corrected chi connectivity index (χ0v) is 44.0. The van der Waals surface area contributed by atoms with Gasteiger partial charge in [0.2, 0.25) is 29.5 Å². The Labute approximate surface area is 418 Å². The summed E-state index contributed by atoms with van der Waals surface area (Å²) in [6.07, 6.45) is 1.89. The molecule has 0 saturated carbocycles. The number of benzene rings is 4. The van der Waals surface area contributed by atoms with E-state index >= 15 is 14.4 Å². The molecule has 0 unspecified atom stereocenters. The normalized spacial score (nSPS) is 14.5. The number of hydrogen-bond acceptors (Lipinski definition) is 6. The predicted octanol–water partition coefficient (Wildman–Crippen LogP) is 6.01. The number of nitrogens with one attached hydrogen (secondary N) is 1. The van der Waals surface area contributed by atoms with Gasteiger partial charge in [0.15, 0.2) is 6.04 Å². The number of carbonyl (C=O) groups is 6. The Kier molecular flexibility index (Phi) is 20.9. The van der Waals surface area contributed by atoms with Gasteiger partial charge in [-0.2, -0.15) is 0 Å². The fraction of sp³-hybridized carbons (Fsp3) is 0.474. The van der Waals surface area contributed by atoms with Crippen LogP contribution in [0.5, 0.6) is 0 Å². The molecule has 13 heteroatoms. The molecular weight excluding hydrogens is 879 g/mol. The maximum absolute atomic E-state index is 15.4. The Balaban J connectivity index is 1.79. The Morgan fingerprint density at radius 2 is 0.757 bits per heavy atom. The van der Waals surface area contributed by atoms with Crippen molar-refractivity contribution in [1.82, 2.24) is 29.8 Å². The third-order valence-electron chi connectivity index (χ3n) is 13.9. The van der Waals surface area contributed by atoms with E-state index in [0.717, 1.165) is 22.3 Å². The molecule has 1 N–H and O–H groups in total. The molecule has 0 radical (unpaired) electrons. The number of hydrogen-bond donors (Lipinski definition) is 1. The molecule has 4 rings (SSSR count). The van der Waals surface area contributed by atoms with Crippen LogP contribution >= 0.6 is 0 Å². The summed E-state index contributed by atoms with van der Waals surface area (Å²) in [7, 11) is 15.6. The second-order valence-corrected chi connectivity index (χ2v) is 20.3. The molecular formula is C57H80N7O6+. The van der Waals surface area contributed by atoms with Gasteiger partial charge in [-0.1, -0.05) is 155 Å². The molecule has 0 bridgehead atoms. The van der Waals surface area contributed by atoms with Crippen LogP contribution in [0.2, 0.25) is 0 Å². The molecule has 0 aromatic heterocycles. The fourth-order valence-electron chi connectivity index (χ4n) is 9.20. The van der Waals surface area contributed by atoms with E-state index in [-0.39, 0.29) is 49.3 Å². The van der Waals surface area contributed by atoms with Gasteiger partial charge in [-0.15, -0.1) is 0 Å². The molecule has 0 fully saturated rings. The summed E-state index contributed by atoms with van der Waals surface area (Å²) in [4.78, 5) is 96.5. The van der Waals surface area contributed by atoms with Crippen LogP contribution in [0.4, 0.5) is 0 Å². The summed E-state index contributed by atoms with van der Waals surface area (Å²) in [5.41, 5.74) is 3.33. The molecule has 70 heavy (non-hydrogen) atoms. The van der Waals surface area contributed by atoms with Crippen molar-refractivity contribution < 1.29 is 33.3 Å². The molecule has 0 spiro atoms. The van der Waals surface area contributed by atoms with Crippen LogP contribution in [0.1, 0.15) is 62.8 Å². The van der Waals surface area contributed by atoms with Gasteiger partial charge in [0, 0.05) is 74.4 Å². The topological polar surface area (TPSA) is 131 Å². The van der Waals surface area contributed by atoms with Crippen LogP contribution in [0.25, 0.3) is 0 Å². The van der Waals surface area contributed by atoms with Crippen LogP contribution < -0.4 is 5.32 Å². The van der Waals surface area contributed by atoms with Gasteiger partial charge >= 0.3 is 0 Å². The predicted molar refractivity (Wildman–Crippen MR) is 278 cm³/mol. The first kappa shape index (κ1) is 56.2. The van der Waals surface area contributed by atoms with Crippen molar-refractivity contribution in [2.45, 2.75) is 102 Å². The largest absolute Gasteiger partial charge is 0.357 e. The van der Waals surface area contributed by atoms with Crippen LogP contribution in [-0.4, -0.2) is 164 Å². The highest BCUT2D eigenvalue weighted by molar-refractivity contribution is 5.97. The number of nitrogens with zero attached hydrogens (tertiary/aromatic N) is 6. The van der Waals surface area contributed by atoms with Gasteiger partial charge in [0.25, 0.3) is 5.91 Å². The van der Waals surface area contributed by atoms with Gasteiger partial charge in [-0.25, -0.2) is 0 Å². The molecule has 13 nitrogen and oxygen atoms in total. The van der Waals surface area contributed by atoms with Gasteiger partial charge in [-0.05, 0) is 34.1 Å². The second kappa shape index (κ2) is 26.0. The van der Waals surface area contributed by atoms with Crippen molar-refractivity contribution in [2.75, 3.05) is 63.4 Å². The molecule has 4 aromatic rings. The summed E-state index contributed by atoms with van der Waals surface area (Å²) in [5.74, 6) is -2.40. The zero-order chi connectivity index (χ0) is 51.9. The summed E-state index contributed by atoms with van der Waals surface area (Å²) in [5, 5.41) is 2.72. The zero-order valence-electron chi connectivity index (χ0n) is 44.0. The van der Waals surface area contributed by atoms with Crippen LogP contribution in [0.3, 0.4) is 0 Å². The lowest BCUT2D eigenvalue weighted by Gasteiger charge is -2.42. The lowest BCUT2D eigenvalue weighted by atomic mass is 9.93. The minimum absolute atomic E-state index is 0.115. The smallest absolute Gasteiger partial charge is 0.281 e. The average Bonchev–Trinajstić information content (AvgIpc) is 3.36. The van der Waals surface area contributed by atoms with Gasteiger partial charge < -0.3 is 34.3 Å². The third kappa shape index (κ3) is 14.8. The van der Waals surface area contributed by atoms with E-state index in [1.165, 1.54) is 26.6 Å². The quantitative estimate of drug-likeness (QED) is 0.0858.